The van der Waals surface area contributed by atoms with Gasteiger partial charge in [-0.15, -0.1) is 0 Å². The summed E-state index contributed by atoms with van der Waals surface area (Å²) in [6.07, 6.45) is 1.86. The van der Waals surface area contributed by atoms with Gasteiger partial charge in [0, 0.05) is 5.56 Å². The van der Waals surface area contributed by atoms with Gasteiger partial charge in [0.2, 0.25) is 11.8 Å². The molecule has 1 aliphatic heterocycles. The van der Waals surface area contributed by atoms with Crippen LogP contribution in [0.5, 0.6) is 5.75 Å². The molecule has 8 nitrogen and oxygen atoms in total. The molecule has 0 aliphatic carbocycles. The molecule has 2 atom stereocenters. The Balaban J connectivity index is 1.85. The van der Waals surface area contributed by atoms with Crippen molar-refractivity contribution in [2.24, 2.45) is 0 Å². The van der Waals surface area contributed by atoms with Crippen LogP contribution in [0.3, 0.4) is 0 Å². The minimum absolute atomic E-state index is 0.0422. The van der Waals surface area contributed by atoms with Crippen LogP contribution in [-0.2, 0) is 20.9 Å². The van der Waals surface area contributed by atoms with E-state index in [1.54, 1.807) is 30.9 Å². The summed E-state index contributed by atoms with van der Waals surface area (Å²) in [5.41, 5.74) is 2.09. The summed E-state index contributed by atoms with van der Waals surface area (Å²) in [6.45, 7) is 1.97. The lowest BCUT2D eigenvalue weighted by Gasteiger charge is -2.27. The van der Waals surface area contributed by atoms with Gasteiger partial charge in [-0.05, 0) is 49.2 Å². The quantitative estimate of drug-likeness (QED) is 0.474. The second-order valence-corrected chi connectivity index (χ2v) is 9.76. The molecule has 1 heterocycles. The maximum atomic E-state index is 14.1. The van der Waals surface area contributed by atoms with Crippen LogP contribution in [-0.4, -0.2) is 62.5 Å². The van der Waals surface area contributed by atoms with Crippen LogP contribution in [0.1, 0.15) is 12.5 Å². The summed E-state index contributed by atoms with van der Waals surface area (Å²) in [5.74, 6) is 0.185. The number of rotatable bonds is 8. The van der Waals surface area contributed by atoms with Gasteiger partial charge in [-0.25, -0.2) is 0 Å². The first kappa shape index (κ1) is 26.5. The molecular formula is C28H32N4O4S. The number of nitrogens with zero attached hydrogens (tertiary/aromatic N) is 2. The van der Waals surface area contributed by atoms with Gasteiger partial charge in [0.05, 0.1) is 43.4 Å². The normalized spacial score (nSPS) is 16.2. The topological polar surface area (TPSA) is 91.0 Å². The number of nitrogens with one attached hydrogen (secondary N) is 2. The molecule has 4 rings (SSSR count). The van der Waals surface area contributed by atoms with Crippen molar-refractivity contribution in [3.8, 4) is 5.75 Å². The molecule has 194 valence electrons. The number of fused-ring (bicyclic) bond motifs is 2. The lowest BCUT2D eigenvalue weighted by atomic mass is 10.0. The fourth-order valence-corrected chi connectivity index (χ4v) is 4.95. The monoisotopic (exact) mass is 520 g/mol. The first-order valence-corrected chi connectivity index (χ1v) is 13.5. The van der Waals surface area contributed by atoms with Crippen LogP contribution in [0.15, 0.2) is 60.7 Å². The van der Waals surface area contributed by atoms with Crippen molar-refractivity contribution in [1.82, 2.24) is 10.6 Å². The Morgan fingerprint density at radius 3 is 2.49 bits per heavy atom. The maximum Gasteiger partial charge on any atom is 0.251 e. The lowest BCUT2D eigenvalue weighted by Crippen LogP contribution is -2.56. The molecule has 37 heavy (non-hydrogen) atoms. The SMILES string of the molecule is CN[C@@H](C)C(=O)NC1CN(C(=O)CSC)c2ccccc2N(Cc2c(OC)ccc3ccccc23)C1=O. The highest BCUT2D eigenvalue weighted by molar-refractivity contribution is 7.99. The summed E-state index contributed by atoms with van der Waals surface area (Å²) in [7, 11) is 3.29. The molecule has 1 unspecified atom stereocenters. The Morgan fingerprint density at radius 1 is 1.08 bits per heavy atom. The molecule has 0 bridgehead atoms. The summed E-state index contributed by atoms with van der Waals surface area (Å²) in [6, 6.07) is 17.8. The Hall–Kier alpha value is -3.56. The van der Waals surface area contributed by atoms with E-state index in [4.69, 9.17) is 4.74 Å². The van der Waals surface area contributed by atoms with Gasteiger partial charge in [0.1, 0.15) is 11.8 Å². The number of hydrogen-bond acceptors (Lipinski definition) is 6. The van der Waals surface area contributed by atoms with Gasteiger partial charge in [0.25, 0.3) is 5.91 Å². The van der Waals surface area contributed by atoms with Gasteiger partial charge >= 0.3 is 0 Å². The van der Waals surface area contributed by atoms with Crippen LogP contribution < -0.4 is 25.2 Å². The second kappa shape index (κ2) is 11.7. The number of amides is 3. The number of methoxy groups -OCH3 is 1. The number of para-hydroxylation sites is 2. The van der Waals surface area contributed by atoms with Crippen LogP contribution in [0.25, 0.3) is 10.8 Å². The van der Waals surface area contributed by atoms with Gasteiger partial charge in [0.15, 0.2) is 0 Å². The molecule has 0 saturated carbocycles. The molecule has 0 fully saturated rings. The number of anilines is 2. The molecular weight excluding hydrogens is 488 g/mol. The van der Waals surface area contributed by atoms with Crippen molar-refractivity contribution in [3.63, 3.8) is 0 Å². The molecule has 2 N–H and O–H groups in total. The second-order valence-electron chi connectivity index (χ2n) is 8.89. The van der Waals surface area contributed by atoms with Crippen molar-refractivity contribution in [3.05, 3.63) is 66.2 Å². The highest BCUT2D eigenvalue weighted by Gasteiger charge is 2.37. The molecule has 0 spiro atoms. The fraction of sp³-hybridized carbons (Fsp3) is 0.321. The van der Waals surface area contributed by atoms with E-state index in [0.29, 0.717) is 17.1 Å². The van der Waals surface area contributed by atoms with Crippen molar-refractivity contribution < 1.29 is 19.1 Å². The lowest BCUT2D eigenvalue weighted by molar-refractivity contribution is -0.128. The first-order chi connectivity index (χ1) is 17.9. The summed E-state index contributed by atoms with van der Waals surface area (Å²) in [4.78, 5) is 43.4. The molecule has 0 radical (unpaired) electrons. The Morgan fingerprint density at radius 2 is 1.78 bits per heavy atom. The van der Waals surface area contributed by atoms with E-state index in [2.05, 4.69) is 10.6 Å². The molecule has 1 aliphatic rings. The predicted octanol–water partition coefficient (Wildman–Crippen LogP) is 3.18. The Labute approximate surface area is 221 Å². The van der Waals surface area contributed by atoms with E-state index >= 15 is 0 Å². The van der Waals surface area contributed by atoms with Crippen LogP contribution in [0.2, 0.25) is 0 Å². The number of benzene rings is 3. The number of carbonyl (C=O) groups is 3. The molecule has 3 amide bonds. The average molecular weight is 521 g/mol. The summed E-state index contributed by atoms with van der Waals surface area (Å²) < 4.78 is 5.69. The van der Waals surface area contributed by atoms with E-state index in [1.807, 2.05) is 66.9 Å². The van der Waals surface area contributed by atoms with Crippen molar-refractivity contribution in [2.75, 3.05) is 42.5 Å². The highest BCUT2D eigenvalue weighted by atomic mass is 32.2. The number of hydrogen-bond donors (Lipinski definition) is 2. The molecule has 9 heteroatoms. The Bertz CT molecular complexity index is 1310. The highest BCUT2D eigenvalue weighted by Crippen LogP contribution is 2.37. The third kappa shape index (κ3) is 5.42. The van der Waals surface area contributed by atoms with Gasteiger partial charge < -0.3 is 25.2 Å². The van der Waals surface area contributed by atoms with Crippen molar-refractivity contribution >= 4 is 51.6 Å². The van der Waals surface area contributed by atoms with Gasteiger partial charge in [-0.1, -0.05) is 42.5 Å². The summed E-state index contributed by atoms with van der Waals surface area (Å²) in [5, 5.41) is 7.78. The minimum atomic E-state index is -0.928. The van der Waals surface area contributed by atoms with E-state index in [-0.39, 0.29) is 36.6 Å². The van der Waals surface area contributed by atoms with Crippen molar-refractivity contribution in [2.45, 2.75) is 25.6 Å². The zero-order valence-corrected chi connectivity index (χ0v) is 22.3. The van der Waals surface area contributed by atoms with Gasteiger partial charge in [-0.3, -0.25) is 14.4 Å². The number of likely N-dealkylation sites (N-methyl/N-ethyl adjacent to an activating group) is 1. The van der Waals surface area contributed by atoms with Crippen LogP contribution >= 0.6 is 11.8 Å². The number of carbonyl (C=O) groups excluding carboxylic acids is 3. The van der Waals surface area contributed by atoms with E-state index < -0.39 is 12.1 Å². The first-order valence-electron chi connectivity index (χ1n) is 12.1. The third-order valence-corrected chi connectivity index (χ3v) is 7.17. The standard InChI is InChI=1S/C28H32N4O4S/c1-18(29-2)27(34)30-22-16-31(26(33)17-37-4)23-11-7-8-12-24(23)32(28(22)35)15-21-20-10-6-5-9-19(20)13-14-25(21)36-3/h5-14,18,22,29H,15-17H2,1-4H3,(H,30,34)/t18-,22?/m0/s1. The molecule has 3 aromatic rings. The van der Waals surface area contributed by atoms with E-state index in [0.717, 1.165) is 16.3 Å². The minimum Gasteiger partial charge on any atom is -0.496 e. The third-order valence-electron chi connectivity index (χ3n) is 6.64. The smallest absolute Gasteiger partial charge is 0.251 e. The molecule has 3 aromatic carbocycles. The molecule has 0 saturated heterocycles. The van der Waals surface area contributed by atoms with Crippen LogP contribution in [0.4, 0.5) is 11.4 Å². The number of ether oxygens (including phenoxy) is 1. The van der Waals surface area contributed by atoms with E-state index in [1.165, 1.54) is 11.8 Å². The zero-order valence-electron chi connectivity index (χ0n) is 21.5. The average Bonchev–Trinajstić information content (AvgIpc) is 3.03. The predicted molar refractivity (Wildman–Crippen MR) is 149 cm³/mol. The fourth-order valence-electron chi connectivity index (χ4n) is 4.55. The Kier molecular flexibility index (Phi) is 8.35. The molecule has 0 aromatic heterocycles. The maximum absolute atomic E-state index is 14.1. The largest absolute Gasteiger partial charge is 0.496 e. The van der Waals surface area contributed by atoms with Crippen LogP contribution in [0, 0.1) is 0 Å². The zero-order chi connectivity index (χ0) is 26.5. The number of thioether (sulfide) groups is 1. The van der Waals surface area contributed by atoms with Gasteiger partial charge in [-0.2, -0.15) is 11.8 Å². The summed E-state index contributed by atoms with van der Waals surface area (Å²) >= 11 is 1.42. The van der Waals surface area contributed by atoms with Crippen molar-refractivity contribution in [1.29, 1.82) is 0 Å². The van der Waals surface area contributed by atoms with E-state index in [9.17, 15) is 14.4 Å².